The quantitative estimate of drug-likeness (QED) is 0.291. The lowest BCUT2D eigenvalue weighted by Crippen LogP contribution is -2.75. The highest BCUT2D eigenvalue weighted by atomic mass is 16.4. The predicted molar refractivity (Wildman–Crippen MR) is 157 cm³/mol. The topological polar surface area (TPSA) is 120 Å². The van der Waals surface area contributed by atoms with E-state index in [9.17, 15) is 24.6 Å². The van der Waals surface area contributed by atoms with Gasteiger partial charge >= 0.3 is 6.09 Å². The van der Waals surface area contributed by atoms with Crippen LogP contribution < -0.4 is 0 Å². The van der Waals surface area contributed by atoms with Gasteiger partial charge in [0.05, 0.1) is 18.6 Å². The summed E-state index contributed by atoms with van der Waals surface area (Å²) in [5.41, 5.74) is 4.63. The Morgan fingerprint density at radius 3 is 2.50 bits per heavy atom. The maximum Gasteiger partial charge on any atom is 0.424 e. The highest BCUT2D eigenvalue weighted by Crippen LogP contribution is 2.33. The SMILES string of the molecule is C=CCN1CC(=O)N2C(Cc3ccc(O)cc3)C(=O)N(Cc3cccc4c(-c5ccccc5)c[nH]c34)CC2N1C(=O)O. The second-order valence-corrected chi connectivity index (χ2v) is 10.6. The fourth-order valence-corrected chi connectivity index (χ4v) is 6.09. The normalized spacial score (nSPS) is 19.3. The lowest BCUT2D eigenvalue weighted by atomic mass is 9.98. The monoisotopic (exact) mass is 565 g/mol. The maximum atomic E-state index is 14.1. The molecule has 2 atom stereocenters. The molecule has 6 rings (SSSR count). The minimum Gasteiger partial charge on any atom is -0.508 e. The number of nitrogens with one attached hydrogen (secondary N) is 1. The molecule has 2 unspecified atom stereocenters. The van der Waals surface area contributed by atoms with Gasteiger partial charge in [0.1, 0.15) is 18.0 Å². The van der Waals surface area contributed by atoms with E-state index in [1.54, 1.807) is 23.1 Å². The molecule has 2 aliphatic heterocycles. The zero-order valence-electron chi connectivity index (χ0n) is 22.9. The van der Waals surface area contributed by atoms with E-state index in [2.05, 4.69) is 11.6 Å². The number of para-hydroxylation sites is 1. The summed E-state index contributed by atoms with van der Waals surface area (Å²) >= 11 is 0. The van der Waals surface area contributed by atoms with Gasteiger partial charge in [-0.1, -0.05) is 66.7 Å². The van der Waals surface area contributed by atoms with Gasteiger partial charge < -0.3 is 25.0 Å². The smallest absolute Gasteiger partial charge is 0.424 e. The van der Waals surface area contributed by atoms with Crippen molar-refractivity contribution in [1.82, 2.24) is 24.8 Å². The number of phenols is 1. The molecular weight excluding hydrogens is 534 g/mol. The number of aromatic hydroxyl groups is 1. The summed E-state index contributed by atoms with van der Waals surface area (Å²) in [5.74, 6) is -0.495. The van der Waals surface area contributed by atoms with Crippen molar-refractivity contribution in [1.29, 1.82) is 0 Å². The molecule has 0 radical (unpaired) electrons. The number of amides is 3. The number of hydrogen-bond donors (Lipinski definition) is 3. The largest absolute Gasteiger partial charge is 0.508 e. The van der Waals surface area contributed by atoms with E-state index in [0.29, 0.717) is 0 Å². The number of H-pyrrole nitrogens is 1. The number of hydrogen-bond acceptors (Lipinski definition) is 5. The Kier molecular flexibility index (Phi) is 7.13. The number of benzene rings is 3. The van der Waals surface area contributed by atoms with Crippen LogP contribution in [-0.2, 0) is 22.6 Å². The van der Waals surface area contributed by atoms with Crippen molar-refractivity contribution in [2.45, 2.75) is 25.2 Å². The summed E-state index contributed by atoms with van der Waals surface area (Å²) in [6.07, 6.45) is 1.56. The summed E-state index contributed by atoms with van der Waals surface area (Å²) in [6, 6.07) is 21.5. The van der Waals surface area contributed by atoms with Gasteiger partial charge in [0.15, 0.2) is 0 Å². The molecule has 3 N–H and O–H groups in total. The lowest BCUT2D eigenvalue weighted by molar-refractivity contribution is -0.192. The number of nitrogens with zero attached hydrogens (tertiary/aromatic N) is 4. The Labute approximate surface area is 242 Å². The molecule has 0 bridgehead atoms. The molecule has 42 heavy (non-hydrogen) atoms. The Hall–Kier alpha value is -5.09. The van der Waals surface area contributed by atoms with E-state index in [-0.39, 0.29) is 50.2 Å². The van der Waals surface area contributed by atoms with Gasteiger partial charge in [0.2, 0.25) is 11.8 Å². The molecular formula is C32H31N5O5. The third kappa shape index (κ3) is 4.86. The third-order valence-corrected chi connectivity index (χ3v) is 7.98. The van der Waals surface area contributed by atoms with E-state index < -0.39 is 18.3 Å². The van der Waals surface area contributed by atoms with Crippen LogP contribution in [-0.4, -0.2) is 84.8 Å². The summed E-state index contributed by atoms with van der Waals surface area (Å²) < 4.78 is 0. The zero-order valence-corrected chi connectivity index (χ0v) is 22.9. The first-order chi connectivity index (χ1) is 20.4. The summed E-state index contributed by atoms with van der Waals surface area (Å²) in [5, 5.41) is 23.6. The van der Waals surface area contributed by atoms with Gasteiger partial charge in [0.25, 0.3) is 0 Å². The minimum absolute atomic E-state index is 0.0131. The summed E-state index contributed by atoms with van der Waals surface area (Å²) in [4.78, 5) is 46.6. The number of aromatic nitrogens is 1. The number of aromatic amines is 1. The first-order valence-corrected chi connectivity index (χ1v) is 13.8. The van der Waals surface area contributed by atoms with Crippen LogP contribution in [0.5, 0.6) is 5.75 Å². The molecule has 214 valence electrons. The van der Waals surface area contributed by atoms with Crippen molar-refractivity contribution >= 4 is 28.8 Å². The van der Waals surface area contributed by atoms with Crippen molar-refractivity contribution in [2.75, 3.05) is 19.6 Å². The van der Waals surface area contributed by atoms with Crippen molar-refractivity contribution < 1.29 is 24.6 Å². The molecule has 2 aliphatic rings. The number of carboxylic acid groups (broad SMARTS) is 1. The van der Waals surface area contributed by atoms with E-state index in [1.165, 1.54) is 22.0 Å². The molecule has 10 heteroatoms. The summed E-state index contributed by atoms with van der Waals surface area (Å²) in [6.45, 7) is 3.94. The van der Waals surface area contributed by atoms with Gasteiger partial charge in [-0.2, -0.15) is 0 Å². The Bertz CT molecular complexity index is 1650. The minimum atomic E-state index is -1.21. The van der Waals surface area contributed by atoms with Crippen molar-refractivity contribution in [3.8, 4) is 16.9 Å². The molecule has 2 saturated heterocycles. The first-order valence-electron chi connectivity index (χ1n) is 13.8. The second kappa shape index (κ2) is 11.1. The van der Waals surface area contributed by atoms with Crippen LogP contribution in [0.3, 0.4) is 0 Å². The number of carbonyl (C=O) groups excluding carboxylic acids is 2. The highest BCUT2D eigenvalue weighted by molar-refractivity contribution is 5.97. The predicted octanol–water partition coefficient (Wildman–Crippen LogP) is 4.05. The van der Waals surface area contributed by atoms with Gasteiger partial charge in [-0.05, 0) is 28.8 Å². The molecule has 3 amide bonds. The van der Waals surface area contributed by atoms with Crippen molar-refractivity contribution in [2.24, 2.45) is 0 Å². The van der Waals surface area contributed by atoms with Crippen LogP contribution >= 0.6 is 0 Å². The van der Waals surface area contributed by atoms with Crippen LogP contribution in [0.15, 0.2) is 91.6 Å². The molecule has 3 aromatic carbocycles. The highest BCUT2D eigenvalue weighted by Gasteiger charge is 2.51. The molecule has 10 nitrogen and oxygen atoms in total. The molecule has 4 aromatic rings. The van der Waals surface area contributed by atoms with E-state index in [4.69, 9.17) is 0 Å². The van der Waals surface area contributed by atoms with Crippen LogP contribution in [0, 0.1) is 0 Å². The number of carbonyl (C=O) groups is 3. The van der Waals surface area contributed by atoms with Crippen LogP contribution in [0.4, 0.5) is 4.79 Å². The molecule has 0 spiro atoms. The lowest BCUT2D eigenvalue weighted by Gasteiger charge is -2.54. The van der Waals surface area contributed by atoms with E-state index >= 15 is 0 Å². The number of hydrazine groups is 1. The molecule has 3 heterocycles. The fraction of sp³-hybridized carbons (Fsp3) is 0.219. The van der Waals surface area contributed by atoms with Gasteiger partial charge in [-0.3, -0.25) is 9.59 Å². The second-order valence-electron chi connectivity index (χ2n) is 10.6. The number of phenolic OH excluding ortho intramolecular Hbond substituents is 1. The van der Waals surface area contributed by atoms with E-state index in [0.717, 1.165) is 38.2 Å². The average Bonchev–Trinajstić information content (AvgIpc) is 3.42. The third-order valence-electron chi connectivity index (χ3n) is 7.98. The standard InChI is InChI=1S/C32H31N5O5/c1-2-15-35-20-29(39)36-27(16-21-11-13-24(38)14-12-21)31(40)34(19-28(36)37(35)32(41)42)18-23-9-6-10-25-26(17-33-30(23)25)22-7-4-3-5-8-22/h2-14,17,27-28,33,38H,1,15-16,18-20H2,(H,41,42). The molecule has 0 aliphatic carbocycles. The van der Waals surface area contributed by atoms with Crippen LogP contribution in [0.2, 0.25) is 0 Å². The Balaban J connectivity index is 1.38. The Morgan fingerprint density at radius 2 is 1.79 bits per heavy atom. The van der Waals surface area contributed by atoms with Crippen LogP contribution in [0.25, 0.3) is 22.0 Å². The molecule has 0 saturated carbocycles. The van der Waals surface area contributed by atoms with Crippen molar-refractivity contribution in [3.63, 3.8) is 0 Å². The fourth-order valence-electron chi connectivity index (χ4n) is 6.09. The first kappa shape index (κ1) is 27.1. The average molecular weight is 566 g/mol. The Morgan fingerprint density at radius 1 is 1.02 bits per heavy atom. The number of piperazine rings is 1. The number of fused-ring (bicyclic) bond motifs is 2. The maximum absolute atomic E-state index is 14.1. The summed E-state index contributed by atoms with van der Waals surface area (Å²) in [7, 11) is 0. The van der Waals surface area contributed by atoms with Gasteiger partial charge in [0, 0.05) is 36.7 Å². The number of rotatable bonds is 7. The van der Waals surface area contributed by atoms with E-state index in [1.807, 2.05) is 54.7 Å². The molecule has 2 fully saturated rings. The van der Waals surface area contributed by atoms with Crippen molar-refractivity contribution in [3.05, 3.63) is 103 Å². The molecule has 1 aromatic heterocycles. The van der Waals surface area contributed by atoms with Crippen LogP contribution in [0.1, 0.15) is 11.1 Å². The van der Waals surface area contributed by atoms with Gasteiger partial charge in [-0.25, -0.2) is 14.8 Å². The van der Waals surface area contributed by atoms with Gasteiger partial charge in [-0.15, -0.1) is 6.58 Å². The zero-order chi connectivity index (χ0) is 29.4.